The van der Waals surface area contributed by atoms with Crippen LogP contribution in [0.2, 0.25) is 0 Å². The minimum atomic E-state index is -4.76. The van der Waals surface area contributed by atoms with Crippen LogP contribution in [0.3, 0.4) is 0 Å². The van der Waals surface area contributed by atoms with Crippen LogP contribution in [-0.2, 0) is 26.6 Å². The number of hydrogen-bond donors (Lipinski definition) is 2. The minimum Gasteiger partial charge on any atom is -0.490 e. The van der Waals surface area contributed by atoms with Gasteiger partial charge >= 0.3 is 6.36 Å². The maximum Gasteiger partial charge on any atom is 0.573 e. The number of ether oxygens (including phenoxy) is 2. The minimum absolute atomic E-state index is 0.0838. The van der Waals surface area contributed by atoms with Crippen molar-refractivity contribution in [1.82, 2.24) is 10.5 Å². The van der Waals surface area contributed by atoms with E-state index in [2.05, 4.69) is 4.74 Å². The highest BCUT2D eigenvalue weighted by Gasteiger charge is 2.43. The summed E-state index contributed by atoms with van der Waals surface area (Å²) in [7, 11) is 0. The lowest BCUT2D eigenvalue weighted by atomic mass is 10.00. The molecule has 8 nitrogen and oxygen atoms in total. The van der Waals surface area contributed by atoms with Crippen molar-refractivity contribution in [2.75, 3.05) is 13.1 Å². The van der Waals surface area contributed by atoms with Crippen LogP contribution in [-0.4, -0.2) is 50.7 Å². The number of carbonyl (C=O) groups is 1. The molecule has 0 saturated carbocycles. The summed E-state index contributed by atoms with van der Waals surface area (Å²) < 4.78 is 63.5. The standard InChI is InChI=1S/C22H25F3N2O6S.C2H6/c1-21(20(28)26-29,15-16-5-3-2-4-6-16)34(30)33-27-13-11-18(12-14-27)31-17-7-9-19(10-8-17)32-22(23,24)25;1-2/h2-10,18,29H,11-15H2,1H3,(H,26,28);1-2H3. The predicted molar refractivity (Wildman–Crippen MR) is 127 cm³/mol. The summed E-state index contributed by atoms with van der Waals surface area (Å²) in [6.45, 7) is 6.16. The molecule has 0 spiro atoms. The molecule has 0 radical (unpaired) electrons. The molecule has 1 saturated heterocycles. The van der Waals surface area contributed by atoms with E-state index in [9.17, 15) is 22.2 Å². The fraction of sp³-hybridized carbons (Fsp3) is 0.458. The zero-order valence-electron chi connectivity index (χ0n) is 20.3. The normalized spacial score (nSPS) is 17.2. The molecule has 200 valence electrons. The first-order valence-electron chi connectivity index (χ1n) is 11.5. The summed E-state index contributed by atoms with van der Waals surface area (Å²) in [6.07, 6.45) is -3.90. The summed E-state index contributed by atoms with van der Waals surface area (Å²) in [5.41, 5.74) is 2.33. The van der Waals surface area contributed by atoms with Gasteiger partial charge in [-0.1, -0.05) is 44.2 Å². The number of nitrogens with one attached hydrogen (secondary N) is 1. The lowest BCUT2D eigenvalue weighted by Crippen LogP contribution is -2.51. The van der Waals surface area contributed by atoms with Gasteiger partial charge in [0.2, 0.25) is 0 Å². The topological polar surface area (TPSA) is 97.3 Å². The molecule has 0 bridgehead atoms. The molecule has 36 heavy (non-hydrogen) atoms. The Kier molecular flexibility index (Phi) is 11.2. The summed E-state index contributed by atoms with van der Waals surface area (Å²) >= 11 is -2.10. The van der Waals surface area contributed by atoms with Gasteiger partial charge in [0.15, 0.2) is 15.8 Å². The van der Waals surface area contributed by atoms with Crippen LogP contribution in [0.25, 0.3) is 0 Å². The second kappa shape index (κ2) is 13.6. The van der Waals surface area contributed by atoms with E-state index in [0.29, 0.717) is 31.7 Å². The zero-order chi connectivity index (χ0) is 26.8. The van der Waals surface area contributed by atoms with Crippen LogP contribution in [0, 0.1) is 0 Å². The molecular formula is C24H31F3N2O6S. The molecular weight excluding hydrogens is 501 g/mol. The second-order valence-corrected chi connectivity index (χ2v) is 9.43. The maximum absolute atomic E-state index is 13.0. The summed E-state index contributed by atoms with van der Waals surface area (Å²) in [5.74, 6) is -0.769. The van der Waals surface area contributed by atoms with Crippen LogP contribution in [0.4, 0.5) is 13.2 Å². The number of nitrogens with zero attached hydrogens (tertiary/aromatic N) is 1. The predicted octanol–water partition coefficient (Wildman–Crippen LogP) is 4.56. The van der Waals surface area contributed by atoms with Crippen molar-refractivity contribution in [3.63, 3.8) is 0 Å². The number of carbonyl (C=O) groups excluding carboxylic acids is 1. The lowest BCUT2D eigenvalue weighted by molar-refractivity contribution is -0.274. The van der Waals surface area contributed by atoms with Crippen molar-refractivity contribution in [3.8, 4) is 11.5 Å². The fourth-order valence-corrected chi connectivity index (χ4v) is 4.42. The lowest BCUT2D eigenvalue weighted by Gasteiger charge is -2.33. The van der Waals surface area contributed by atoms with Crippen molar-refractivity contribution in [2.24, 2.45) is 0 Å². The maximum atomic E-state index is 13.0. The number of hydrogen-bond acceptors (Lipinski definition) is 7. The number of amides is 1. The summed E-state index contributed by atoms with van der Waals surface area (Å²) in [5, 5.41) is 10.6. The Morgan fingerprint density at radius 3 is 2.14 bits per heavy atom. The van der Waals surface area contributed by atoms with Crippen LogP contribution < -0.4 is 15.0 Å². The largest absolute Gasteiger partial charge is 0.573 e. The first-order valence-corrected chi connectivity index (χ1v) is 12.5. The van der Waals surface area contributed by atoms with Gasteiger partial charge < -0.3 is 9.47 Å². The van der Waals surface area contributed by atoms with E-state index in [1.54, 1.807) is 29.7 Å². The number of alkyl halides is 3. The molecule has 1 aliphatic heterocycles. The monoisotopic (exact) mass is 532 g/mol. The van der Waals surface area contributed by atoms with Crippen molar-refractivity contribution >= 4 is 17.0 Å². The molecule has 1 aliphatic rings. The Balaban J connectivity index is 0.00000222. The molecule has 0 aliphatic carbocycles. The Morgan fingerprint density at radius 1 is 1.06 bits per heavy atom. The average Bonchev–Trinajstić information content (AvgIpc) is 2.86. The highest BCUT2D eigenvalue weighted by atomic mass is 32.2. The van der Waals surface area contributed by atoms with E-state index in [0.717, 1.165) is 5.56 Å². The Morgan fingerprint density at radius 2 is 1.61 bits per heavy atom. The van der Waals surface area contributed by atoms with E-state index >= 15 is 0 Å². The second-order valence-electron chi connectivity index (χ2n) is 7.91. The van der Waals surface area contributed by atoms with Gasteiger partial charge in [-0.3, -0.25) is 10.0 Å². The van der Waals surface area contributed by atoms with E-state index in [-0.39, 0.29) is 18.3 Å². The molecule has 2 N–H and O–H groups in total. The molecule has 1 fully saturated rings. The zero-order valence-corrected chi connectivity index (χ0v) is 21.1. The van der Waals surface area contributed by atoms with E-state index in [4.69, 9.17) is 14.2 Å². The molecule has 2 atom stereocenters. The quantitative estimate of drug-likeness (QED) is 0.361. The van der Waals surface area contributed by atoms with Gasteiger partial charge in [0.25, 0.3) is 5.91 Å². The van der Waals surface area contributed by atoms with E-state index in [1.807, 2.05) is 19.9 Å². The summed E-state index contributed by atoms with van der Waals surface area (Å²) in [6, 6.07) is 14.1. The highest BCUT2D eigenvalue weighted by molar-refractivity contribution is 7.82. The number of benzene rings is 2. The summed E-state index contributed by atoms with van der Waals surface area (Å²) in [4.78, 5) is 12.3. The van der Waals surface area contributed by atoms with Crippen molar-refractivity contribution < 1.29 is 41.1 Å². The molecule has 12 heteroatoms. The molecule has 2 unspecified atom stereocenters. The average molecular weight is 533 g/mol. The van der Waals surface area contributed by atoms with Crippen molar-refractivity contribution in [1.29, 1.82) is 0 Å². The molecule has 2 aromatic rings. The van der Waals surface area contributed by atoms with Crippen LogP contribution in [0.5, 0.6) is 11.5 Å². The van der Waals surface area contributed by atoms with Gasteiger partial charge in [0.05, 0.1) is 0 Å². The highest BCUT2D eigenvalue weighted by Crippen LogP contribution is 2.27. The number of halogens is 3. The van der Waals surface area contributed by atoms with Gasteiger partial charge in [0, 0.05) is 19.5 Å². The fourth-order valence-electron chi connectivity index (χ4n) is 3.43. The Bertz CT molecular complexity index is 970. The van der Waals surface area contributed by atoms with E-state index in [1.165, 1.54) is 36.3 Å². The van der Waals surface area contributed by atoms with Crippen LogP contribution in [0.1, 0.15) is 39.2 Å². The first-order chi connectivity index (χ1) is 17.1. The van der Waals surface area contributed by atoms with Crippen LogP contribution in [0.15, 0.2) is 54.6 Å². The number of hydroxylamine groups is 3. The number of rotatable bonds is 9. The third-order valence-corrected chi connectivity index (χ3v) is 6.68. The molecule has 0 aromatic heterocycles. The third kappa shape index (κ3) is 8.77. The van der Waals surface area contributed by atoms with Gasteiger partial charge in [-0.15, -0.1) is 13.2 Å². The molecule has 1 amide bonds. The van der Waals surface area contributed by atoms with Gasteiger partial charge in [-0.25, -0.2) is 9.69 Å². The molecule has 3 rings (SSSR count). The van der Waals surface area contributed by atoms with E-state index < -0.39 is 28.1 Å². The van der Waals surface area contributed by atoms with Gasteiger partial charge in [-0.05, 0) is 49.6 Å². The van der Waals surface area contributed by atoms with Crippen molar-refractivity contribution in [2.45, 2.75) is 57.2 Å². The van der Waals surface area contributed by atoms with Gasteiger partial charge in [-0.2, -0.15) is 9.35 Å². The Labute approximate surface area is 210 Å². The Hall–Kier alpha value is -2.67. The number of piperidine rings is 1. The first kappa shape index (κ1) is 29.6. The smallest absolute Gasteiger partial charge is 0.490 e. The third-order valence-electron chi connectivity index (χ3n) is 5.27. The van der Waals surface area contributed by atoms with Gasteiger partial charge in [0.1, 0.15) is 17.6 Å². The SMILES string of the molecule is CC.CC(Cc1ccccc1)(C(=O)NO)S(=O)ON1CCC(Oc2ccc(OC(F)(F)F)cc2)CC1. The van der Waals surface area contributed by atoms with Crippen LogP contribution >= 0.6 is 0 Å². The molecule has 1 heterocycles. The van der Waals surface area contributed by atoms with Crippen molar-refractivity contribution in [3.05, 3.63) is 60.2 Å². The molecule has 2 aromatic carbocycles.